The van der Waals surface area contributed by atoms with Gasteiger partial charge in [-0.2, -0.15) is 0 Å². The van der Waals surface area contributed by atoms with E-state index in [0.29, 0.717) is 0 Å². The molecule has 1 aromatic heterocycles. The minimum Gasteiger partial charge on any atom is -0.495 e. The molecule has 0 saturated heterocycles. The molecule has 0 saturated carbocycles. The highest BCUT2D eigenvalue weighted by Crippen LogP contribution is 2.33. The van der Waals surface area contributed by atoms with Gasteiger partial charge in [-0.15, -0.1) is 10.2 Å². The van der Waals surface area contributed by atoms with Crippen molar-refractivity contribution in [2.45, 2.75) is 19.0 Å². The Morgan fingerprint density at radius 1 is 1.04 bits per heavy atom. The van der Waals surface area contributed by atoms with Crippen LogP contribution in [-0.2, 0) is 0 Å². The molecular formula is C18H19N3OS. The fraction of sp³-hybridized carbons (Fsp3) is 0.222. The van der Waals surface area contributed by atoms with Crippen molar-refractivity contribution in [1.82, 2.24) is 14.8 Å². The van der Waals surface area contributed by atoms with Crippen LogP contribution in [0.4, 0.5) is 0 Å². The van der Waals surface area contributed by atoms with Crippen molar-refractivity contribution >= 4 is 11.8 Å². The molecule has 0 aliphatic carbocycles. The molecule has 0 unspecified atom stereocenters. The molecule has 0 radical (unpaired) electrons. The van der Waals surface area contributed by atoms with Crippen LogP contribution in [-0.4, -0.2) is 27.6 Å². The SMILES string of the molecule is CCSc1nnc(-c2ccccc2C)n1-c1ccccc1OC. The first-order valence-electron chi connectivity index (χ1n) is 7.54. The lowest BCUT2D eigenvalue weighted by atomic mass is 10.1. The second-order valence-corrected chi connectivity index (χ2v) is 6.29. The molecular weight excluding hydrogens is 306 g/mol. The van der Waals surface area contributed by atoms with E-state index in [-0.39, 0.29) is 0 Å². The van der Waals surface area contributed by atoms with Gasteiger partial charge in [0.05, 0.1) is 12.8 Å². The van der Waals surface area contributed by atoms with E-state index in [9.17, 15) is 0 Å². The van der Waals surface area contributed by atoms with Crippen LogP contribution in [0.3, 0.4) is 0 Å². The number of thioether (sulfide) groups is 1. The summed E-state index contributed by atoms with van der Waals surface area (Å²) in [5, 5.41) is 9.72. The third kappa shape index (κ3) is 2.97. The summed E-state index contributed by atoms with van der Waals surface area (Å²) in [4.78, 5) is 0. The number of rotatable bonds is 5. The summed E-state index contributed by atoms with van der Waals surface area (Å²) in [6, 6.07) is 16.2. The Morgan fingerprint density at radius 3 is 2.52 bits per heavy atom. The molecule has 0 fully saturated rings. The first-order valence-corrected chi connectivity index (χ1v) is 8.52. The summed E-state index contributed by atoms with van der Waals surface area (Å²) in [6.45, 7) is 4.20. The zero-order chi connectivity index (χ0) is 16.2. The third-order valence-corrected chi connectivity index (χ3v) is 4.43. The van der Waals surface area contributed by atoms with Crippen LogP contribution in [0.15, 0.2) is 53.7 Å². The molecule has 0 atom stereocenters. The van der Waals surface area contributed by atoms with Crippen LogP contribution in [0.25, 0.3) is 17.1 Å². The van der Waals surface area contributed by atoms with Gasteiger partial charge in [0.1, 0.15) is 5.75 Å². The Labute approximate surface area is 140 Å². The highest BCUT2D eigenvalue weighted by molar-refractivity contribution is 7.99. The van der Waals surface area contributed by atoms with Gasteiger partial charge >= 0.3 is 0 Å². The maximum atomic E-state index is 5.54. The van der Waals surface area contributed by atoms with E-state index in [2.05, 4.69) is 40.7 Å². The Balaban J connectivity index is 2.25. The average Bonchev–Trinajstić information content (AvgIpc) is 2.99. The van der Waals surface area contributed by atoms with Crippen LogP contribution in [0.1, 0.15) is 12.5 Å². The molecule has 0 amide bonds. The Kier molecular flexibility index (Phi) is 4.67. The topological polar surface area (TPSA) is 39.9 Å². The van der Waals surface area contributed by atoms with E-state index >= 15 is 0 Å². The lowest BCUT2D eigenvalue weighted by molar-refractivity contribution is 0.412. The summed E-state index contributed by atoms with van der Waals surface area (Å²) in [5.41, 5.74) is 3.20. The van der Waals surface area contributed by atoms with Crippen molar-refractivity contribution in [2.75, 3.05) is 12.9 Å². The van der Waals surface area contributed by atoms with Gasteiger partial charge in [-0.1, -0.05) is 55.1 Å². The zero-order valence-electron chi connectivity index (χ0n) is 13.5. The molecule has 23 heavy (non-hydrogen) atoms. The molecule has 4 nitrogen and oxygen atoms in total. The summed E-state index contributed by atoms with van der Waals surface area (Å²) in [5.74, 6) is 2.57. The van der Waals surface area contributed by atoms with Gasteiger partial charge in [-0.3, -0.25) is 4.57 Å². The summed E-state index contributed by atoms with van der Waals surface area (Å²) in [7, 11) is 1.68. The smallest absolute Gasteiger partial charge is 0.196 e. The molecule has 0 aliphatic rings. The van der Waals surface area contributed by atoms with Crippen LogP contribution < -0.4 is 4.74 Å². The van der Waals surface area contributed by atoms with E-state index in [1.54, 1.807) is 18.9 Å². The molecule has 2 aromatic carbocycles. The Hall–Kier alpha value is -2.27. The maximum absolute atomic E-state index is 5.54. The summed E-state index contributed by atoms with van der Waals surface area (Å²) in [6.07, 6.45) is 0. The minimum atomic E-state index is 0.806. The lowest BCUT2D eigenvalue weighted by Crippen LogP contribution is -2.03. The largest absolute Gasteiger partial charge is 0.495 e. The number of aromatic nitrogens is 3. The monoisotopic (exact) mass is 325 g/mol. The fourth-order valence-electron chi connectivity index (χ4n) is 2.52. The van der Waals surface area contributed by atoms with Gasteiger partial charge in [-0.05, 0) is 30.4 Å². The van der Waals surface area contributed by atoms with E-state index in [0.717, 1.165) is 33.7 Å². The van der Waals surface area contributed by atoms with E-state index in [4.69, 9.17) is 4.74 Å². The van der Waals surface area contributed by atoms with Crippen molar-refractivity contribution < 1.29 is 4.74 Å². The summed E-state index contributed by atoms with van der Waals surface area (Å²) < 4.78 is 7.62. The van der Waals surface area contributed by atoms with Crippen molar-refractivity contribution in [3.63, 3.8) is 0 Å². The van der Waals surface area contributed by atoms with Gasteiger partial charge in [-0.25, -0.2) is 0 Å². The average molecular weight is 325 g/mol. The number of hydrogen-bond donors (Lipinski definition) is 0. The fourth-order valence-corrected chi connectivity index (χ4v) is 3.19. The number of ether oxygens (including phenoxy) is 1. The molecule has 118 valence electrons. The van der Waals surface area contributed by atoms with E-state index < -0.39 is 0 Å². The van der Waals surface area contributed by atoms with Crippen molar-refractivity contribution in [3.05, 3.63) is 54.1 Å². The van der Waals surface area contributed by atoms with Crippen LogP contribution in [0, 0.1) is 6.92 Å². The number of hydrogen-bond acceptors (Lipinski definition) is 4. The Morgan fingerprint density at radius 2 is 1.78 bits per heavy atom. The molecule has 3 rings (SSSR count). The number of aryl methyl sites for hydroxylation is 1. The van der Waals surface area contributed by atoms with Gasteiger partial charge in [0.2, 0.25) is 0 Å². The van der Waals surface area contributed by atoms with Gasteiger partial charge in [0.15, 0.2) is 11.0 Å². The highest BCUT2D eigenvalue weighted by Gasteiger charge is 2.19. The standard InChI is InChI=1S/C18H19N3OS/c1-4-23-18-20-19-17(14-10-6-5-9-13(14)2)21(18)15-11-7-8-12-16(15)22-3/h5-12H,4H2,1-3H3. The van der Waals surface area contributed by atoms with Gasteiger partial charge < -0.3 is 4.74 Å². The van der Waals surface area contributed by atoms with Crippen LogP contribution in [0.2, 0.25) is 0 Å². The van der Waals surface area contributed by atoms with Gasteiger partial charge in [0.25, 0.3) is 0 Å². The molecule has 3 aromatic rings. The lowest BCUT2D eigenvalue weighted by Gasteiger charge is -2.14. The molecule has 5 heteroatoms. The highest BCUT2D eigenvalue weighted by atomic mass is 32.2. The molecule has 1 heterocycles. The maximum Gasteiger partial charge on any atom is 0.196 e. The number of para-hydroxylation sites is 2. The van der Waals surface area contributed by atoms with E-state index in [1.807, 2.05) is 36.4 Å². The number of benzene rings is 2. The quantitative estimate of drug-likeness (QED) is 0.653. The first kappa shape index (κ1) is 15.6. The molecule has 0 aliphatic heterocycles. The second kappa shape index (κ2) is 6.87. The molecule has 0 spiro atoms. The van der Waals surface area contributed by atoms with Gasteiger partial charge in [0, 0.05) is 5.56 Å². The first-order chi connectivity index (χ1) is 11.3. The van der Waals surface area contributed by atoms with Crippen molar-refractivity contribution in [1.29, 1.82) is 0 Å². The molecule has 0 N–H and O–H groups in total. The van der Waals surface area contributed by atoms with E-state index in [1.165, 1.54) is 5.56 Å². The minimum absolute atomic E-state index is 0.806. The second-order valence-electron chi connectivity index (χ2n) is 5.06. The normalized spacial score (nSPS) is 10.7. The predicted molar refractivity (Wildman–Crippen MR) is 94.5 cm³/mol. The molecule has 0 bridgehead atoms. The van der Waals surface area contributed by atoms with Crippen molar-refractivity contribution in [3.8, 4) is 22.8 Å². The summed E-state index contributed by atoms with van der Waals surface area (Å²) >= 11 is 1.67. The predicted octanol–water partition coefficient (Wildman–Crippen LogP) is 4.36. The number of methoxy groups -OCH3 is 1. The number of nitrogens with zero attached hydrogens (tertiary/aromatic N) is 3. The Bertz CT molecular complexity index is 814. The zero-order valence-corrected chi connectivity index (χ0v) is 14.3. The third-order valence-electron chi connectivity index (χ3n) is 3.62. The van der Waals surface area contributed by atoms with Crippen molar-refractivity contribution in [2.24, 2.45) is 0 Å². The van der Waals surface area contributed by atoms with Crippen LogP contribution >= 0.6 is 11.8 Å². The van der Waals surface area contributed by atoms with Crippen LogP contribution in [0.5, 0.6) is 5.75 Å².